The molecule has 0 spiro atoms. The van der Waals surface area contributed by atoms with Gasteiger partial charge in [0, 0.05) is 6.61 Å². The zero-order valence-electron chi connectivity index (χ0n) is 13.6. The van der Waals surface area contributed by atoms with Crippen LogP contribution in [0.25, 0.3) is 0 Å². The van der Waals surface area contributed by atoms with Gasteiger partial charge in [0.1, 0.15) is 0 Å². The van der Waals surface area contributed by atoms with E-state index in [0.29, 0.717) is 5.92 Å². The maximum absolute atomic E-state index is 12.9. The lowest BCUT2D eigenvalue weighted by Gasteiger charge is -2.34. The van der Waals surface area contributed by atoms with Gasteiger partial charge in [0.05, 0.1) is 23.9 Å². The summed E-state index contributed by atoms with van der Waals surface area (Å²) < 4.78 is 5.81. The Balaban J connectivity index is 2.18. The van der Waals surface area contributed by atoms with Crippen molar-refractivity contribution in [2.45, 2.75) is 84.2 Å². The monoisotopic (exact) mass is 282 g/mol. The molecule has 20 heavy (non-hydrogen) atoms. The lowest BCUT2D eigenvalue weighted by atomic mass is 9.98. The Morgan fingerprint density at radius 1 is 1.45 bits per heavy atom. The number of carbonyl (C=O) groups is 1. The van der Waals surface area contributed by atoms with Gasteiger partial charge in [-0.1, -0.05) is 20.8 Å². The van der Waals surface area contributed by atoms with Crippen LogP contribution >= 0.6 is 0 Å². The zero-order chi connectivity index (χ0) is 14.9. The van der Waals surface area contributed by atoms with Gasteiger partial charge >= 0.3 is 0 Å². The first-order valence-corrected chi connectivity index (χ1v) is 8.11. The topological polar surface area (TPSA) is 41.6 Å². The molecule has 0 bridgehead atoms. The number of ether oxygens (including phenoxy) is 1. The Hall–Kier alpha value is -0.610. The fraction of sp³-hybridized carbons (Fsp3) is 0.938. The highest BCUT2D eigenvalue weighted by Gasteiger charge is 2.49. The van der Waals surface area contributed by atoms with E-state index in [0.717, 1.165) is 32.3 Å². The number of amides is 1. The van der Waals surface area contributed by atoms with Gasteiger partial charge in [-0.25, -0.2) is 0 Å². The predicted molar refractivity (Wildman–Crippen MR) is 80.4 cm³/mol. The molecule has 0 aromatic heterocycles. The predicted octanol–water partition coefficient (Wildman–Crippen LogP) is 2.53. The molecule has 2 fully saturated rings. The molecular weight excluding hydrogens is 252 g/mol. The highest BCUT2D eigenvalue weighted by atomic mass is 16.5. The number of rotatable bonds is 5. The molecule has 0 aromatic rings. The summed E-state index contributed by atoms with van der Waals surface area (Å²) in [4.78, 5) is 14.9. The van der Waals surface area contributed by atoms with E-state index < -0.39 is 5.54 Å². The molecule has 0 radical (unpaired) electrons. The van der Waals surface area contributed by atoms with Crippen LogP contribution in [0.2, 0.25) is 0 Å². The molecule has 0 aliphatic carbocycles. The summed E-state index contributed by atoms with van der Waals surface area (Å²) in [7, 11) is 0. The van der Waals surface area contributed by atoms with Crippen molar-refractivity contribution in [3.63, 3.8) is 0 Å². The molecule has 4 atom stereocenters. The van der Waals surface area contributed by atoms with Crippen molar-refractivity contribution in [3.05, 3.63) is 0 Å². The summed E-state index contributed by atoms with van der Waals surface area (Å²) in [5.41, 5.74) is -0.410. The van der Waals surface area contributed by atoms with Gasteiger partial charge in [0.2, 0.25) is 5.91 Å². The van der Waals surface area contributed by atoms with Crippen molar-refractivity contribution in [3.8, 4) is 0 Å². The number of nitrogens with one attached hydrogen (secondary N) is 1. The smallest absolute Gasteiger partial charge is 0.244 e. The average Bonchev–Trinajstić information content (AvgIpc) is 2.97. The van der Waals surface area contributed by atoms with Crippen molar-refractivity contribution in [2.24, 2.45) is 5.92 Å². The van der Waals surface area contributed by atoms with E-state index in [4.69, 9.17) is 4.74 Å². The Morgan fingerprint density at radius 3 is 2.65 bits per heavy atom. The lowest BCUT2D eigenvalue weighted by Crippen LogP contribution is -2.49. The first-order valence-electron chi connectivity index (χ1n) is 8.11. The van der Waals surface area contributed by atoms with Crippen LogP contribution in [0, 0.1) is 5.92 Å². The summed E-state index contributed by atoms with van der Waals surface area (Å²) in [6.45, 7) is 11.5. The fourth-order valence-electron chi connectivity index (χ4n) is 3.43. The van der Waals surface area contributed by atoms with Crippen molar-refractivity contribution in [1.29, 1.82) is 0 Å². The largest absolute Gasteiger partial charge is 0.376 e. The highest BCUT2D eigenvalue weighted by Crippen LogP contribution is 2.31. The van der Waals surface area contributed by atoms with Gasteiger partial charge in [-0.2, -0.15) is 0 Å². The first-order chi connectivity index (χ1) is 9.39. The van der Waals surface area contributed by atoms with Gasteiger partial charge < -0.3 is 9.64 Å². The van der Waals surface area contributed by atoms with E-state index in [1.54, 1.807) is 0 Å². The molecule has 2 aliphatic rings. The highest BCUT2D eigenvalue weighted by molar-refractivity contribution is 5.88. The first kappa shape index (κ1) is 15.8. The number of carbonyl (C=O) groups excluding carboxylic acids is 1. The Labute approximate surface area is 123 Å². The van der Waals surface area contributed by atoms with Crippen molar-refractivity contribution in [1.82, 2.24) is 10.2 Å². The van der Waals surface area contributed by atoms with Gasteiger partial charge in [0.25, 0.3) is 0 Å². The van der Waals surface area contributed by atoms with Crippen LogP contribution < -0.4 is 5.32 Å². The van der Waals surface area contributed by atoms with E-state index >= 15 is 0 Å². The van der Waals surface area contributed by atoms with Gasteiger partial charge in [0.15, 0.2) is 0 Å². The third-order valence-corrected chi connectivity index (χ3v) is 4.87. The SMILES string of the molecule is CCC1(C)NC(CC(C)C)N(C(C)C2CCCO2)C1=O. The molecule has 116 valence electrons. The molecule has 4 heteroatoms. The average molecular weight is 282 g/mol. The van der Waals surface area contributed by atoms with Crippen LogP contribution in [0.1, 0.15) is 60.3 Å². The van der Waals surface area contributed by atoms with Crippen molar-refractivity contribution < 1.29 is 9.53 Å². The number of hydrogen-bond donors (Lipinski definition) is 1. The summed E-state index contributed by atoms with van der Waals surface area (Å²) in [6.07, 6.45) is 4.36. The second-order valence-electron chi connectivity index (χ2n) is 6.98. The Morgan fingerprint density at radius 2 is 2.15 bits per heavy atom. The number of hydrogen-bond acceptors (Lipinski definition) is 3. The molecule has 2 saturated heterocycles. The van der Waals surface area contributed by atoms with Crippen molar-refractivity contribution >= 4 is 5.91 Å². The molecule has 2 aliphatic heterocycles. The van der Waals surface area contributed by atoms with Gasteiger partial charge in [-0.15, -0.1) is 0 Å². The fourth-order valence-corrected chi connectivity index (χ4v) is 3.43. The minimum atomic E-state index is -0.410. The van der Waals surface area contributed by atoms with E-state index in [1.807, 2.05) is 6.92 Å². The van der Waals surface area contributed by atoms with Gasteiger partial charge in [-0.3, -0.25) is 10.1 Å². The second-order valence-corrected chi connectivity index (χ2v) is 6.98. The van der Waals surface area contributed by atoms with Crippen LogP contribution in [0.15, 0.2) is 0 Å². The Bertz CT molecular complexity index is 352. The maximum atomic E-state index is 12.9. The molecule has 2 rings (SSSR count). The zero-order valence-corrected chi connectivity index (χ0v) is 13.6. The minimum absolute atomic E-state index is 0.145. The van der Waals surface area contributed by atoms with Crippen LogP contribution in [-0.2, 0) is 9.53 Å². The lowest BCUT2D eigenvalue weighted by molar-refractivity contribution is -0.137. The third-order valence-electron chi connectivity index (χ3n) is 4.87. The summed E-state index contributed by atoms with van der Waals surface area (Å²) >= 11 is 0. The van der Waals surface area contributed by atoms with Crippen LogP contribution in [0.3, 0.4) is 0 Å². The van der Waals surface area contributed by atoms with Crippen molar-refractivity contribution in [2.75, 3.05) is 6.61 Å². The summed E-state index contributed by atoms with van der Waals surface area (Å²) in [5.74, 6) is 0.812. The normalized spacial score (nSPS) is 36.1. The molecule has 0 saturated carbocycles. The van der Waals surface area contributed by atoms with Crippen LogP contribution in [0.4, 0.5) is 0 Å². The van der Waals surface area contributed by atoms with Crippen LogP contribution in [-0.4, -0.2) is 41.3 Å². The molecule has 4 nitrogen and oxygen atoms in total. The summed E-state index contributed by atoms with van der Waals surface area (Å²) in [5, 5.41) is 3.57. The third kappa shape index (κ3) is 2.86. The quantitative estimate of drug-likeness (QED) is 0.842. The van der Waals surface area contributed by atoms with E-state index in [2.05, 4.69) is 37.9 Å². The van der Waals surface area contributed by atoms with Gasteiger partial charge in [-0.05, 0) is 45.4 Å². The summed E-state index contributed by atoms with van der Waals surface area (Å²) in [6, 6.07) is 0.162. The van der Waals surface area contributed by atoms with E-state index in [1.165, 1.54) is 0 Å². The maximum Gasteiger partial charge on any atom is 0.244 e. The van der Waals surface area contributed by atoms with E-state index in [-0.39, 0.29) is 24.2 Å². The molecule has 4 unspecified atom stereocenters. The Kier molecular flexibility index (Phi) is 4.75. The number of nitrogens with zero attached hydrogens (tertiary/aromatic N) is 1. The molecule has 1 amide bonds. The minimum Gasteiger partial charge on any atom is -0.376 e. The van der Waals surface area contributed by atoms with Crippen LogP contribution in [0.5, 0.6) is 0 Å². The van der Waals surface area contributed by atoms with E-state index in [9.17, 15) is 4.79 Å². The molecule has 2 heterocycles. The molecular formula is C16H30N2O2. The molecule has 1 N–H and O–H groups in total. The second kappa shape index (κ2) is 6.02. The molecule has 0 aromatic carbocycles. The standard InChI is InChI=1S/C16H30N2O2/c1-6-16(5)15(19)18(14(17-16)10-11(2)3)12(4)13-8-7-9-20-13/h11-14,17H,6-10H2,1-5H3.